The van der Waals surface area contributed by atoms with E-state index in [1.165, 1.54) is 5.56 Å². The van der Waals surface area contributed by atoms with Gasteiger partial charge in [-0.15, -0.1) is 0 Å². The van der Waals surface area contributed by atoms with Crippen LogP contribution in [0, 0.1) is 0 Å². The van der Waals surface area contributed by atoms with Gasteiger partial charge in [-0.1, -0.05) is 30.3 Å². The fraction of sp³-hybridized carbons (Fsp3) is 0.312. The standard InChI is InChI=1S/C16H20N2O2/c1-13(12-17)18-10-5-8-15(16(18)19)20-11-9-14-6-3-2-4-7-14/h2-8,10,13H,9,11-12,17H2,1H3. The normalized spacial score (nSPS) is 12.1. The monoisotopic (exact) mass is 272 g/mol. The van der Waals surface area contributed by atoms with Crippen LogP contribution in [0.15, 0.2) is 53.5 Å². The van der Waals surface area contributed by atoms with Gasteiger partial charge in [0, 0.05) is 25.2 Å². The van der Waals surface area contributed by atoms with Crippen molar-refractivity contribution in [3.8, 4) is 5.75 Å². The molecule has 4 nitrogen and oxygen atoms in total. The maximum Gasteiger partial charge on any atom is 0.293 e. The number of hydrogen-bond donors (Lipinski definition) is 1. The van der Waals surface area contributed by atoms with Gasteiger partial charge < -0.3 is 15.0 Å². The first kappa shape index (κ1) is 14.3. The van der Waals surface area contributed by atoms with Crippen LogP contribution in [-0.2, 0) is 6.42 Å². The zero-order valence-electron chi connectivity index (χ0n) is 11.7. The van der Waals surface area contributed by atoms with Crippen molar-refractivity contribution in [2.24, 2.45) is 5.73 Å². The van der Waals surface area contributed by atoms with Crippen molar-refractivity contribution < 1.29 is 4.74 Å². The van der Waals surface area contributed by atoms with Crippen LogP contribution in [0.25, 0.3) is 0 Å². The van der Waals surface area contributed by atoms with Gasteiger partial charge in [0.2, 0.25) is 0 Å². The summed E-state index contributed by atoms with van der Waals surface area (Å²) in [6, 6.07) is 13.5. The first-order valence-electron chi connectivity index (χ1n) is 6.80. The summed E-state index contributed by atoms with van der Waals surface area (Å²) in [4.78, 5) is 12.2. The van der Waals surface area contributed by atoms with Crippen LogP contribution < -0.4 is 16.0 Å². The highest BCUT2D eigenvalue weighted by atomic mass is 16.5. The summed E-state index contributed by atoms with van der Waals surface area (Å²) in [5, 5.41) is 0. The third kappa shape index (κ3) is 3.48. The summed E-state index contributed by atoms with van der Waals surface area (Å²) in [6.07, 6.45) is 2.52. The number of rotatable bonds is 6. The van der Waals surface area contributed by atoms with E-state index in [4.69, 9.17) is 10.5 Å². The van der Waals surface area contributed by atoms with E-state index in [2.05, 4.69) is 0 Å². The quantitative estimate of drug-likeness (QED) is 0.875. The van der Waals surface area contributed by atoms with Gasteiger partial charge in [-0.25, -0.2) is 0 Å². The van der Waals surface area contributed by atoms with Crippen LogP contribution in [0.4, 0.5) is 0 Å². The highest BCUT2D eigenvalue weighted by molar-refractivity contribution is 5.19. The van der Waals surface area contributed by atoms with Gasteiger partial charge >= 0.3 is 0 Å². The molecule has 0 aliphatic rings. The predicted octanol–water partition coefficient (Wildman–Crippen LogP) is 1.99. The average molecular weight is 272 g/mol. The molecule has 20 heavy (non-hydrogen) atoms. The van der Waals surface area contributed by atoms with Crippen LogP contribution >= 0.6 is 0 Å². The lowest BCUT2D eigenvalue weighted by atomic mass is 10.2. The van der Waals surface area contributed by atoms with Gasteiger partial charge in [0.1, 0.15) is 0 Å². The summed E-state index contributed by atoms with van der Waals surface area (Å²) in [5.74, 6) is 0.378. The number of nitrogens with two attached hydrogens (primary N) is 1. The topological polar surface area (TPSA) is 57.2 Å². The van der Waals surface area contributed by atoms with Crippen molar-refractivity contribution in [1.29, 1.82) is 0 Å². The lowest BCUT2D eigenvalue weighted by Crippen LogP contribution is -2.28. The molecule has 0 saturated carbocycles. The van der Waals surface area contributed by atoms with E-state index in [9.17, 15) is 4.79 Å². The summed E-state index contributed by atoms with van der Waals surface area (Å²) >= 11 is 0. The number of ether oxygens (including phenoxy) is 1. The Morgan fingerprint density at radius 3 is 2.65 bits per heavy atom. The predicted molar refractivity (Wildman–Crippen MR) is 80.1 cm³/mol. The second kappa shape index (κ2) is 6.91. The zero-order valence-corrected chi connectivity index (χ0v) is 11.7. The molecule has 2 N–H and O–H groups in total. The molecule has 0 fully saturated rings. The van der Waals surface area contributed by atoms with Gasteiger partial charge in [0.25, 0.3) is 5.56 Å². The number of aromatic nitrogens is 1. The SMILES string of the molecule is CC(CN)n1cccc(OCCc2ccccc2)c1=O. The van der Waals surface area contributed by atoms with Gasteiger partial charge in [-0.2, -0.15) is 0 Å². The Hall–Kier alpha value is -2.07. The average Bonchev–Trinajstić information content (AvgIpc) is 2.49. The molecule has 0 saturated heterocycles. The Bertz CT molecular complexity index is 593. The van der Waals surface area contributed by atoms with Crippen molar-refractivity contribution in [1.82, 2.24) is 4.57 Å². The summed E-state index contributed by atoms with van der Waals surface area (Å²) in [5.41, 5.74) is 6.67. The summed E-state index contributed by atoms with van der Waals surface area (Å²) < 4.78 is 7.21. The van der Waals surface area contributed by atoms with E-state index in [1.54, 1.807) is 16.8 Å². The van der Waals surface area contributed by atoms with Crippen LogP contribution in [0.2, 0.25) is 0 Å². The van der Waals surface area contributed by atoms with Crippen molar-refractivity contribution in [3.05, 3.63) is 64.6 Å². The van der Waals surface area contributed by atoms with Crippen molar-refractivity contribution in [3.63, 3.8) is 0 Å². The maximum atomic E-state index is 12.2. The molecule has 4 heteroatoms. The molecule has 106 valence electrons. The molecule has 1 unspecified atom stereocenters. The molecule has 0 aliphatic carbocycles. The smallest absolute Gasteiger partial charge is 0.293 e. The number of nitrogens with zero attached hydrogens (tertiary/aromatic N) is 1. The van der Waals surface area contributed by atoms with E-state index in [1.807, 2.05) is 43.3 Å². The zero-order chi connectivity index (χ0) is 14.4. The summed E-state index contributed by atoms with van der Waals surface area (Å²) in [6.45, 7) is 2.82. The van der Waals surface area contributed by atoms with Crippen LogP contribution in [0.1, 0.15) is 18.5 Å². The van der Waals surface area contributed by atoms with Crippen LogP contribution in [0.3, 0.4) is 0 Å². The Balaban J connectivity index is 2.01. The van der Waals surface area contributed by atoms with Crippen molar-refractivity contribution >= 4 is 0 Å². The largest absolute Gasteiger partial charge is 0.488 e. The lowest BCUT2D eigenvalue weighted by Gasteiger charge is -2.14. The van der Waals surface area contributed by atoms with E-state index in [-0.39, 0.29) is 11.6 Å². The number of pyridine rings is 1. The molecular weight excluding hydrogens is 252 g/mol. The van der Waals surface area contributed by atoms with Crippen molar-refractivity contribution in [2.45, 2.75) is 19.4 Å². The third-order valence-corrected chi connectivity index (χ3v) is 3.25. The molecule has 0 bridgehead atoms. The fourth-order valence-electron chi connectivity index (χ4n) is 1.98. The Morgan fingerprint density at radius 1 is 1.20 bits per heavy atom. The Kier molecular flexibility index (Phi) is 4.96. The van der Waals surface area contributed by atoms with Gasteiger partial charge in [0.05, 0.1) is 6.61 Å². The minimum Gasteiger partial charge on any atom is -0.488 e. The van der Waals surface area contributed by atoms with E-state index in [0.717, 1.165) is 6.42 Å². The lowest BCUT2D eigenvalue weighted by molar-refractivity contribution is 0.312. The highest BCUT2D eigenvalue weighted by Gasteiger charge is 2.08. The van der Waals surface area contributed by atoms with Crippen molar-refractivity contribution in [2.75, 3.05) is 13.2 Å². The fourth-order valence-corrected chi connectivity index (χ4v) is 1.98. The second-order valence-corrected chi connectivity index (χ2v) is 4.75. The first-order chi connectivity index (χ1) is 9.72. The minimum atomic E-state index is -0.126. The molecule has 0 aliphatic heterocycles. The van der Waals surface area contributed by atoms with Crippen LogP contribution in [-0.4, -0.2) is 17.7 Å². The summed E-state index contributed by atoms with van der Waals surface area (Å²) in [7, 11) is 0. The Morgan fingerprint density at radius 2 is 1.95 bits per heavy atom. The highest BCUT2D eigenvalue weighted by Crippen LogP contribution is 2.07. The first-order valence-corrected chi connectivity index (χ1v) is 6.80. The molecule has 0 spiro atoms. The van der Waals surface area contributed by atoms with E-state index in [0.29, 0.717) is 18.9 Å². The Labute approximate surface area is 118 Å². The molecule has 2 rings (SSSR count). The van der Waals surface area contributed by atoms with Crippen LogP contribution in [0.5, 0.6) is 5.75 Å². The maximum absolute atomic E-state index is 12.2. The van der Waals surface area contributed by atoms with E-state index >= 15 is 0 Å². The molecule has 0 radical (unpaired) electrons. The van der Waals surface area contributed by atoms with Gasteiger partial charge in [-0.3, -0.25) is 4.79 Å². The second-order valence-electron chi connectivity index (χ2n) is 4.75. The molecule has 1 heterocycles. The number of benzene rings is 1. The molecule has 0 amide bonds. The van der Waals surface area contributed by atoms with Gasteiger partial charge in [-0.05, 0) is 24.6 Å². The number of hydrogen-bond acceptors (Lipinski definition) is 3. The molecule has 1 atom stereocenters. The molecular formula is C16H20N2O2. The molecule has 1 aromatic heterocycles. The van der Waals surface area contributed by atoms with E-state index < -0.39 is 0 Å². The third-order valence-electron chi connectivity index (χ3n) is 3.25. The molecule has 1 aromatic carbocycles. The minimum absolute atomic E-state index is 0.0276. The molecule has 2 aromatic rings. The van der Waals surface area contributed by atoms with Gasteiger partial charge in [0.15, 0.2) is 5.75 Å².